The number of aromatic carboxylic acids is 1. The summed E-state index contributed by atoms with van der Waals surface area (Å²) in [6.07, 6.45) is 1.91. The zero-order valence-corrected chi connectivity index (χ0v) is 11.4. The molecule has 2 aromatic rings. The molecule has 20 heavy (non-hydrogen) atoms. The molecule has 0 fully saturated rings. The topological polar surface area (TPSA) is 80.4 Å². The highest BCUT2D eigenvalue weighted by Crippen LogP contribution is 2.30. The molecule has 0 aliphatic carbocycles. The van der Waals surface area contributed by atoms with E-state index in [1.165, 1.54) is 30.0 Å². The van der Waals surface area contributed by atoms with E-state index in [9.17, 15) is 20.0 Å². The van der Waals surface area contributed by atoms with E-state index in [1.807, 2.05) is 18.4 Å². The number of rotatable bonds is 4. The van der Waals surface area contributed by atoms with E-state index >= 15 is 0 Å². The number of nitro benzene ring substituents is 1. The van der Waals surface area contributed by atoms with E-state index in [2.05, 4.69) is 0 Å². The SMILES string of the molecule is CSc1cccc(-c2cc([N+](=O)[O-])ccc2C(=O)O)c1. The van der Waals surface area contributed by atoms with Crippen LogP contribution in [0.1, 0.15) is 10.4 Å². The molecule has 1 N–H and O–H groups in total. The molecule has 0 saturated carbocycles. The number of nitrogens with zero attached hydrogens (tertiary/aromatic N) is 1. The van der Waals surface area contributed by atoms with Gasteiger partial charge in [0.05, 0.1) is 10.5 Å². The minimum atomic E-state index is -1.11. The molecular weight excluding hydrogens is 278 g/mol. The lowest BCUT2D eigenvalue weighted by molar-refractivity contribution is -0.384. The van der Waals surface area contributed by atoms with Crippen LogP contribution in [-0.4, -0.2) is 22.3 Å². The third kappa shape index (κ3) is 2.80. The molecule has 2 aromatic carbocycles. The minimum absolute atomic E-state index is 0.0499. The number of non-ortho nitro benzene ring substituents is 1. The van der Waals surface area contributed by atoms with Gasteiger partial charge >= 0.3 is 5.97 Å². The van der Waals surface area contributed by atoms with Gasteiger partial charge in [-0.2, -0.15) is 0 Å². The maximum atomic E-state index is 11.3. The Hall–Kier alpha value is -2.34. The summed E-state index contributed by atoms with van der Waals surface area (Å²) in [6, 6.07) is 11.0. The number of thioether (sulfide) groups is 1. The van der Waals surface area contributed by atoms with Crippen LogP contribution in [0.4, 0.5) is 5.69 Å². The van der Waals surface area contributed by atoms with Crippen LogP contribution in [0.3, 0.4) is 0 Å². The van der Waals surface area contributed by atoms with E-state index < -0.39 is 10.9 Å². The summed E-state index contributed by atoms with van der Waals surface area (Å²) in [6.45, 7) is 0. The largest absolute Gasteiger partial charge is 0.478 e. The Morgan fingerprint density at radius 3 is 2.60 bits per heavy atom. The Bertz CT molecular complexity index is 685. The van der Waals surface area contributed by atoms with E-state index in [-0.39, 0.29) is 11.3 Å². The van der Waals surface area contributed by atoms with Crippen LogP contribution >= 0.6 is 11.8 Å². The molecule has 0 radical (unpaired) electrons. The van der Waals surface area contributed by atoms with Crippen LogP contribution in [0, 0.1) is 10.1 Å². The molecule has 2 rings (SSSR count). The average molecular weight is 289 g/mol. The lowest BCUT2D eigenvalue weighted by Crippen LogP contribution is -2.01. The molecule has 0 aliphatic rings. The number of benzene rings is 2. The number of carboxylic acid groups (broad SMARTS) is 1. The van der Waals surface area contributed by atoms with E-state index in [1.54, 1.807) is 12.1 Å². The first kappa shape index (κ1) is 14.1. The summed E-state index contributed by atoms with van der Waals surface area (Å²) < 4.78 is 0. The predicted molar refractivity (Wildman–Crippen MR) is 77.3 cm³/mol. The van der Waals surface area contributed by atoms with Gasteiger partial charge in [0.25, 0.3) is 5.69 Å². The Balaban J connectivity index is 2.65. The summed E-state index contributed by atoms with van der Waals surface area (Å²) in [5.41, 5.74) is 0.925. The molecular formula is C14H11NO4S. The minimum Gasteiger partial charge on any atom is -0.478 e. The highest BCUT2D eigenvalue weighted by atomic mass is 32.2. The number of hydrogen-bond donors (Lipinski definition) is 1. The van der Waals surface area contributed by atoms with Crippen molar-refractivity contribution in [1.82, 2.24) is 0 Å². The fraction of sp³-hybridized carbons (Fsp3) is 0.0714. The molecule has 0 aliphatic heterocycles. The van der Waals surface area contributed by atoms with E-state index in [4.69, 9.17) is 0 Å². The fourth-order valence-electron chi connectivity index (χ4n) is 1.86. The van der Waals surface area contributed by atoms with Crippen LogP contribution in [0.15, 0.2) is 47.4 Å². The number of nitro groups is 1. The first-order valence-electron chi connectivity index (χ1n) is 5.69. The van der Waals surface area contributed by atoms with Crippen molar-refractivity contribution in [2.24, 2.45) is 0 Å². The lowest BCUT2D eigenvalue weighted by Gasteiger charge is -2.07. The Morgan fingerprint density at radius 1 is 1.25 bits per heavy atom. The Kier molecular flexibility index (Phi) is 4.05. The van der Waals surface area contributed by atoms with Crippen molar-refractivity contribution in [2.75, 3.05) is 6.26 Å². The second kappa shape index (κ2) is 5.75. The van der Waals surface area contributed by atoms with Gasteiger partial charge < -0.3 is 5.11 Å². The molecule has 0 amide bonds. The van der Waals surface area contributed by atoms with Crippen molar-refractivity contribution < 1.29 is 14.8 Å². The summed E-state index contributed by atoms with van der Waals surface area (Å²) >= 11 is 1.52. The summed E-state index contributed by atoms with van der Waals surface area (Å²) in [4.78, 5) is 22.5. The zero-order chi connectivity index (χ0) is 14.7. The first-order chi connectivity index (χ1) is 9.52. The molecule has 0 saturated heterocycles. The van der Waals surface area contributed by atoms with Gasteiger partial charge in [-0.25, -0.2) is 4.79 Å². The van der Waals surface area contributed by atoms with Gasteiger partial charge in [-0.1, -0.05) is 12.1 Å². The van der Waals surface area contributed by atoms with Crippen LogP contribution in [0.5, 0.6) is 0 Å². The molecule has 5 nitrogen and oxygen atoms in total. The maximum absolute atomic E-state index is 11.3. The standard InChI is InChI=1S/C14H11NO4S/c1-20-11-4-2-3-9(7-11)13-8-10(15(18)19)5-6-12(13)14(16)17/h2-8H,1H3,(H,16,17). The molecule has 0 spiro atoms. The van der Waals surface area contributed by atoms with E-state index in [0.717, 1.165) is 4.90 Å². The molecule has 6 heteroatoms. The Morgan fingerprint density at radius 2 is 2.00 bits per heavy atom. The second-order valence-corrected chi connectivity index (χ2v) is 4.90. The van der Waals surface area contributed by atoms with Crippen molar-refractivity contribution in [2.45, 2.75) is 4.90 Å². The van der Waals surface area contributed by atoms with Crippen molar-refractivity contribution in [3.63, 3.8) is 0 Å². The molecule has 0 bridgehead atoms. The molecule has 0 heterocycles. The van der Waals surface area contributed by atoms with Gasteiger partial charge in [-0.15, -0.1) is 11.8 Å². The quantitative estimate of drug-likeness (QED) is 0.527. The van der Waals surface area contributed by atoms with Crippen LogP contribution < -0.4 is 0 Å². The number of carbonyl (C=O) groups is 1. The van der Waals surface area contributed by atoms with E-state index in [0.29, 0.717) is 11.1 Å². The molecule has 0 unspecified atom stereocenters. The monoisotopic (exact) mass is 289 g/mol. The first-order valence-corrected chi connectivity index (χ1v) is 6.91. The molecule has 0 aromatic heterocycles. The average Bonchev–Trinajstić information content (AvgIpc) is 2.46. The molecule has 102 valence electrons. The third-order valence-electron chi connectivity index (χ3n) is 2.83. The van der Waals surface area contributed by atoms with Crippen molar-refractivity contribution in [3.8, 4) is 11.1 Å². The van der Waals surface area contributed by atoms with Gasteiger partial charge in [0.1, 0.15) is 0 Å². The van der Waals surface area contributed by atoms with Crippen molar-refractivity contribution in [3.05, 3.63) is 58.1 Å². The number of hydrogen-bond acceptors (Lipinski definition) is 4. The summed E-state index contributed by atoms with van der Waals surface area (Å²) in [7, 11) is 0. The fourth-order valence-corrected chi connectivity index (χ4v) is 2.32. The van der Waals surface area contributed by atoms with Gasteiger partial charge in [0, 0.05) is 22.6 Å². The van der Waals surface area contributed by atoms with Gasteiger partial charge in [0.15, 0.2) is 0 Å². The van der Waals surface area contributed by atoms with Crippen LogP contribution in [0.2, 0.25) is 0 Å². The number of carboxylic acids is 1. The normalized spacial score (nSPS) is 10.2. The summed E-state index contributed by atoms with van der Waals surface area (Å²) in [5, 5.41) is 20.1. The second-order valence-electron chi connectivity index (χ2n) is 4.02. The highest BCUT2D eigenvalue weighted by Gasteiger charge is 2.16. The molecule has 0 atom stereocenters. The maximum Gasteiger partial charge on any atom is 0.336 e. The highest BCUT2D eigenvalue weighted by molar-refractivity contribution is 7.98. The lowest BCUT2D eigenvalue weighted by atomic mass is 9.99. The van der Waals surface area contributed by atoms with Gasteiger partial charge in [0.2, 0.25) is 0 Å². The Labute approximate surface area is 119 Å². The smallest absolute Gasteiger partial charge is 0.336 e. The van der Waals surface area contributed by atoms with Gasteiger partial charge in [-0.05, 0) is 30.0 Å². The summed E-state index contributed by atoms with van der Waals surface area (Å²) in [5.74, 6) is -1.11. The van der Waals surface area contributed by atoms with Crippen LogP contribution in [0.25, 0.3) is 11.1 Å². The van der Waals surface area contributed by atoms with Crippen LogP contribution in [-0.2, 0) is 0 Å². The third-order valence-corrected chi connectivity index (χ3v) is 3.55. The van der Waals surface area contributed by atoms with Gasteiger partial charge in [-0.3, -0.25) is 10.1 Å². The van der Waals surface area contributed by atoms with Crippen molar-refractivity contribution >= 4 is 23.4 Å². The zero-order valence-electron chi connectivity index (χ0n) is 10.6. The predicted octanol–water partition coefficient (Wildman–Crippen LogP) is 3.68. The van der Waals surface area contributed by atoms with Crippen molar-refractivity contribution in [1.29, 1.82) is 0 Å².